The zero-order valence-corrected chi connectivity index (χ0v) is 14.3. The lowest BCUT2D eigenvalue weighted by atomic mass is 10.1. The van der Waals surface area contributed by atoms with E-state index in [0.717, 1.165) is 5.69 Å². The fourth-order valence-corrected chi connectivity index (χ4v) is 2.51. The molecule has 0 aliphatic heterocycles. The topological polar surface area (TPSA) is 69.0 Å². The zero-order valence-electron chi connectivity index (χ0n) is 14.3. The van der Waals surface area contributed by atoms with E-state index in [4.69, 9.17) is 4.74 Å². The summed E-state index contributed by atoms with van der Waals surface area (Å²) in [7, 11) is 1.61. The van der Waals surface area contributed by atoms with Crippen molar-refractivity contribution in [1.29, 1.82) is 0 Å². The highest BCUT2D eigenvalue weighted by Gasteiger charge is 2.09. The van der Waals surface area contributed by atoms with Gasteiger partial charge in [0.15, 0.2) is 5.82 Å². The number of carbonyl (C=O) groups excluding carboxylic acids is 1. The Kier molecular flexibility index (Phi) is 5.20. The number of hydrogen-bond acceptors (Lipinski definition) is 4. The van der Waals surface area contributed by atoms with Crippen LogP contribution in [0.5, 0.6) is 0 Å². The molecule has 3 rings (SSSR count). The second-order valence-corrected chi connectivity index (χ2v) is 5.85. The molecule has 0 atom stereocenters. The lowest BCUT2D eigenvalue weighted by Gasteiger charge is -2.04. The molecule has 0 saturated heterocycles. The van der Waals surface area contributed by atoms with E-state index < -0.39 is 0 Å². The minimum atomic E-state index is -0.239. The average molecular weight is 336 g/mol. The minimum absolute atomic E-state index is 0.239. The van der Waals surface area contributed by atoms with Crippen LogP contribution in [-0.2, 0) is 17.9 Å². The summed E-state index contributed by atoms with van der Waals surface area (Å²) in [5, 5.41) is 2.79. The Morgan fingerprint density at radius 2 is 2.12 bits per heavy atom. The molecule has 2 heterocycles. The highest BCUT2D eigenvalue weighted by molar-refractivity contribution is 6.03. The Morgan fingerprint density at radius 3 is 2.84 bits per heavy atom. The van der Waals surface area contributed by atoms with Crippen LogP contribution in [0.2, 0.25) is 0 Å². The van der Waals surface area contributed by atoms with Crippen LogP contribution in [-0.4, -0.2) is 27.6 Å². The Hall–Kier alpha value is -2.99. The first-order chi connectivity index (χ1) is 12.1. The number of imidazole rings is 1. The van der Waals surface area contributed by atoms with Gasteiger partial charge >= 0.3 is 0 Å². The number of amides is 1. The predicted octanol–water partition coefficient (Wildman–Crippen LogP) is 3.03. The van der Waals surface area contributed by atoms with Crippen molar-refractivity contribution in [3.05, 3.63) is 77.5 Å². The monoisotopic (exact) mass is 336 g/mol. The van der Waals surface area contributed by atoms with Crippen molar-refractivity contribution in [2.24, 2.45) is 0 Å². The van der Waals surface area contributed by atoms with Gasteiger partial charge in [-0.2, -0.15) is 0 Å². The molecule has 0 fully saturated rings. The minimum Gasteiger partial charge on any atom is -0.378 e. The number of benzene rings is 1. The molecule has 0 unspecified atom stereocenters. The summed E-state index contributed by atoms with van der Waals surface area (Å²) >= 11 is 0. The van der Waals surface area contributed by atoms with Crippen molar-refractivity contribution in [3.8, 4) is 0 Å². The zero-order chi connectivity index (χ0) is 17.6. The smallest absolute Gasteiger partial charge is 0.258 e. The van der Waals surface area contributed by atoms with Gasteiger partial charge in [-0.05, 0) is 24.6 Å². The number of aromatic nitrogens is 3. The number of aryl methyl sites for hydroxylation is 1. The van der Waals surface area contributed by atoms with Crippen molar-refractivity contribution in [3.63, 3.8) is 0 Å². The van der Waals surface area contributed by atoms with E-state index in [0.29, 0.717) is 24.5 Å². The standard InChI is InChI=1S/C19H20N4O2/c1-14-4-3-5-15(8-14)10-23-11-18(21-13-23)22-19(24)16-6-7-17(12-25-2)20-9-16/h3-9,11,13H,10,12H2,1-2H3,(H,22,24). The van der Waals surface area contributed by atoms with Gasteiger partial charge in [0.05, 0.1) is 24.2 Å². The maximum absolute atomic E-state index is 12.3. The molecule has 1 aromatic carbocycles. The summed E-state index contributed by atoms with van der Waals surface area (Å²) in [5.74, 6) is 0.274. The summed E-state index contributed by atoms with van der Waals surface area (Å²) in [6.45, 7) is 3.19. The van der Waals surface area contributed by atoms with Crippen LogP contribution in [0.4, 0.5) is 5.82 Å². The van der Waals surface area contributed by atoms with E-state index in [1.165, 1.54) is 17.3 Å². The molecule has 1 amide bonds. The SMILES string of the molecule is COCc1ccc(C(=O)Nc2cn(Cc3cccc(C)c3)cn2)cn1. The van der Waals surface area contributed by atoms with Crippen LogP contribution in [0.25, 0.3) is 0 Å². The first-order valence-electron chi connectivity index (χ1n) is 7.96. The Labute approximate surface area is 146 Å². The first kappa shape index (κ1) is 16.9. The van der Waals surface area contributed by atoms with Gasteiger partial charge in [0.25, 0.3) is 5.91 Å². The van der Waals surface area contributed by atoms with Crippen molar-refractivity contribution >= 4 is 11.7 Å². The van der Waals surface area contributed by atoms with Gasteiger partial charge in [-0.1, -0.05) is 29.8 Å². The second kappa shape index (κ2) is 7.72. The fourth-order valence-electron chi connectivity index (χ4n) is 2.51. The molecule has 0 aliphatic rings. The molecule has 0 bridgehead atoms. The lowest BCUT2D eigenvalue weighted by Crippen LogP contribution is -2.12. The number of carbonyl (C=O) groups is 1. The molecule has 0 aliphatic carbocycles. The molecule has 1 N–H and O–H groups in total. The average Bonchev–Trinajstić information content (AvgIpc) is 3.02. The number of hydrogen-bond donors (Lipinski definition) is 1. The highest BCUT2D eigenvalue weighted by Crippen LogP contribution is 2.10. The van der Waals surface area contributed by atoms with E-state index in [1.807, 2.05) is 16.8 Å². The Bertz CT molecular complexity index is 856. The van der Waals surface area contributed by atoms with Gasteiger partial charge in [-0.25, -0.2) is 4.98 Å². The molecule has 3 aromatic rings. The van der Waals surface area contributed by atoms with Crippen LogP contribution in [0, 0.1) is 6.92 Å². The van der Waals surface area contributed by atoms with Gasteiger partial charge in [0.1, 0.15) is 0 Å². The number of anilines is 1. The van der Waals surface area contributed by atoms with Crippen molar-refractivity contribution in [2.75, 3.05) is 12.4 Å². The maximum Gasteiger partial charge on any atom is 0.258 e. The van der Waals surface area contributed by atoms with Crippen LogP contribution in [0.15, 0.2) is 55.1 Å². The third kappa shape index (κ3) is 4.51. The highest BCUT2D eigenvalue weighted by atomic mass is 16.5. The van der Waals surface area contributed by atoms with Gasteiger partial charge in [0.2, 0.25) is 0 Å². The molecule has 0 radical (unpaired) electrons. The lowest BCUT2D eigenvalue weighted by molar-refractivity contribution is 0.102. The molecule has 0 saturated carbocycles. The third-order valence-electron chi connectivity index (χ3n) is 3.70. The van der Waals surface area contributed by atoms with Crippen molar-refractivity contribution in [1.82, 2.24) is 14.5 Å². The summed E-state index contributed by atoms with van der Waals surface area (Å²) in [6, 6.07) is 11.8. The molecular formula is C19H20N4O2. The van der Waals surface area contributed by atoms with E-state index >= 15 is 0 Å². The molecule has 6 heteroatoms. The molecule has 25 heavy (non-hydrogen) atoms. The predicted molar refractivity (Wildman–Crippen MR) is 95.4 cm³/mol. The number of nitrogens with one attached hydrogen (secondary N) is 1. The summed E-state index contributed by atoms with van der Waals surface area (Å²) < 4.78 is 6.94. The third-order valence-corrected chi connectivity index (χ3v) is 3.70. The summed E-state index contributed by atoms with van der Waals surface area (Å²) in [5.41, 5.74) is 3.67. The van der Waals surface area contributed by atoms with E-state index in [1.54, 1.807) is 25.6 Å². The normalized spacial score (nSPS) is 10.6. The molecule has 128 valence electrons. The maximum atomic E-state index is 12.3. The van der Waals surface area contributed by atoms with E-state index in [9.17, 15) is 4.79 Å². The number of pyridine rings is 1. The van der Waals surface area contributed by atoms with Gasteiger partial charge < -0.3 is 14.6 Å². The van der Waals surface area contributed by atoms with Crippen LogP contribution < -0.4 is 5.32 Å². The largest absolute Gasteiger partial charge is 0.378 e. The molecule has 2 aromatic heterocycles. The van der Waals surface area contributed by atoms with Gasteiger partial charge in [-0.15, -0.1) is 0 Å². The van der Waals surface area contributed by atoms with Gasteiger partial charge in [0, 0.05) is 26.0 Å². The summed E-state index contributed by atoms with van der Waals surface area (Å²) in [4.78, 5) is 20.7. The molecule has 6 nitrogen and oxygen atoms in total. The summed E-state index contributed by atoms with van der Waals surface area (Å²) in [6.07, 6.45) is 5.05. The molecule has 0 spiro atoms. The van der Waals surface area contributed by atoms with Gasteiger partial charge in [-0.3, -0.25) is 9.78 Å². The molecular weight excluding hydrogens is 316 g/mol. The Morgan fingerprint density at radius 1 is 1.24 bits per heavy atom. The van der Waals surface area contributed by atoms with E-state index in [-0.39, 0.29) is 5.91 Å². The second-order valence-electron chi connectivity index (χ2n) is 5.85. The fraction of sp³-hybridized carbons (Fsp3) is 0.211. The quantitative estimate of drug-likeness (QED) is 0.751. The number of nitrogens with zero attached hydrogens (tertiary/aromatic N) is 3. The number of rotatable bonds is 6. The Balaban J connectivity index is 1.63. The number of methoxy groups -OCH3 is 1. The first-order valence-corrected chi connectivity index (χ1v) is 7.96. The van der Waals surface area contributed by atoms with Crippen LogP contribution in [0.3, 0.4) is 0 Å². The van der Waals surface area contributed by atoms with Crippen LogP contribution >= 0.6 is 0 Å². The van der Waals surface area contributed by atoms with Crippen LogP contribution in [0.1, 0.15) is 27.2 Å². The van der Waals surface area contributed by atoms with Crippen molar-refractivity contribution < 1.29 is 9.53 Å². The van der Waals surface area contributed by atoms with E-state index in [2.05, 4.69) is 40.4 Å². The number of ether oxygens (including phenoxy) is 1. The van der Waals surface area contributed by atoms with Crippen molar-refractivity contribution in [2.45, 2.75) is 20.1 Å².